The first kappa shape index (κ1) is 22.0. The summed E-state index contributed by atoms with van der Waals surface area (Å²) in [4.78, 5) is 1.76. The maximum Gasteiger partial charge on any atom is 0.475 e. The van der Waals surface area contributed by atoms with Crippen molar-refractivity contribution < 1.29 is 23.2 Å². The minimum atomic E-state index is -3.57. The van der Waals surface area contributed by atoms with Crippen LogP contribution in [0.15, 0.2) is 40.1 Å². The fourth-order valence-electron chi connectivity index (χ4n) is 2.79. The van der Waals surface area contributed by atoms with E-state index in [0.717, 1.165) is 22.6 Å². The molecule has 1 fully saturated rings. The Labute approximate surface area is 164 Å². The summed E-state index contributed by atoms with van der Waals surface area (Å²) in [5, 5.41) is 11.7. The van der Waals surface area contributed by atoms with Gasteiger partial charge in [-0.25, -0.2) is 4.57 Å². The zero-order valence-corrected chi connectivity index (χ0v) is 17.6. The molecule has 26 heavy (non-hydrogen) atoms. The Morgan fingerprint density at radius 3 is 2.31 bits per heavy atom. The molecular formula is C18H26ClO5PS. The molecule has 1 aliphatic rings. The smallest absolute Gasteiger partial charge is 0.385 e. The topological polar surface area (TPSA) is 65.0 Å². The van der Waals surface area contributed by atoms with E-state index in [1.807, 2.05) is 24.3 Å². The molecule has 0 aliphatic heterocycles. The van der Waals surface area contributed by atoms with Gasteiger partial charge in [0.1, 0.15) is 0 Å². The zero-order chi connectivity index (χ0) is 19.0. The highest BCUT2D eigenvalue weighted by atomic mass is 35.5. The van der Waals surface area contributed by atoms with Gasteiger partial charge >= 0.3 is 7.82 Å². The molecular weight excluding hydrogens is 395 g/mol. The summed E-state index contributed by atoms with van der Waals surface area (Å²) in [7, 11) is -3.57. The molecule has 0 aromatic heterocycles. The summed E-state index contributed by atoms with van der Waals surface area (Å²) in [5.41, 5.74) is -0.880. The lowest BCUT2D eigenvalue weighted by Crippen LogP contribution is -2.25. The number of hydrogen-bond acceptors (Lipinski definition) is 6. The van der Waals surface area contributed by atoms with Crippen molar-refractivity contribution in [3.8, 4) is 0 Å². The van der Waals surface area contributed by atoms with Gasteiger partial charge in [-0.2, -0.15) is 0 Å². The van der Waals surface area contributed by atoms with E-state index in [0.29, 0.717) is 17.9 Å². The normalized spacial score (nSPS) is 17.6. The minimum absolute atomic E-state index is 0.0372. The van der Waals surface area contributed by atoms with Gasteiger partial charge in [0.25, 0.3) is 0 Å². The molecule has 0 bridgehead atoms. The molecule has 0 radical (unpaired) electrons. The third kappa shape index (κ3) is 6.38. The SMILES string of the molecule is CCOP(=O)(OCC)OC/C=C(/Sc1ccc(Cl)cc1)C1(O)CCCC1. The van der Waals surface area contributed by atoms with Gasteiger partial charge in [-0.15, -0.1) is 0 Å². The Morgan fingerprint density at radius 2 is 1.77 bits per heavy atom. The number of hydrogen-bond donors (Lipinski definition) is 1. The van der Waals surface area contributed by atoms with Crippen LogP contribution in [0.25, 0.3) is 0 Å². The van der Waals surface area contributed by atoms with E-state index >= 15 is 0 Å². The molecule has 146 valence electrons. The lowest BCUT2D eigenvalue weighted by atomic mass is 10.0. The largest absolute Gasteiger partial charge is 0.475 e. The van der Waals surface area contributed by atoms with Gasteiger partial charge in [0.05, 0.1) is 25.4 Å². The predicted octanol–water partition coefficient (Wildman–Crippen LogP) is 5.82. The number of aliphatic hydroxyl groups is 1. The second-order valence-electron chi connectivity index (χ2n) is 5.94. The van der Waals surface area contributed by atoms with E-state index in [2.05, 4.69) is 0 Å². The fraction of sp³-hybridized carbons (Fsp3) is 0.556. The van der Waals surface area contributed by atoms with Crippen LogP contribution in [-0.4, -0.2) is 30.5 Å². The number of phosphoric acid groups is 1. The van der Waals surface area contributed by atoms with Gasteiger partial charge in [0, 0.05) is 14.8 Å². The summed E-state index contributed by atoms with van der Waals surface area (Å²) in [6.45, 7) is 3.96. The monoisotopic (exact) mass is 420 g/mol. The highest BCUT2D eigenvalue weighted by Crippen LogP contribution is 2.50. The Bertz CT molecular complexity index is 633. The van der Waals surface area contributed by atoms with Crippen LogP contribution in [0.5, 0.6) is 0 Å². The molecule has 1 aliphatic carbocycles. The molecule has 0 unspecified atom stereocenters. The first-order chi connectivity index (χ1) is 12.4. The highest BCUT2D eigenvalue weighted by molar-refractivity contribution is 8.03. The van der Waals surface area contributed by atoms with Crippen LogP contribution in [0, 0.1) is 0 Å². The van der Waals surface area contributed by atoms with E-state index in [9.17, 15) is 9.67 Å². The molecule has 0 amide bonds. The fourth-order valence-corrected chi connectivity index (χ4v) is 5.11. The molecule has 1 aromatic rings. The number of thioether (sulfide) groups is 1. The van der Waals surface area contributed by atoms with Gasteiger partial charge < -0.3 is 5.11 Å². The third-order valence-corrected chi connectivity index (χ3v) is 7.15. The highest BCUT2D eigenvalue weighted by Gasteiger charge is 2.36. The van der Waals surface area contributed by atoms with Gasteiger partial charge in [0.15, 0.2) is 0 Å². The maximum absolute atomic E-state index is 12.4. The van der Waals surface area contributed by atoms with Crippen molar-refractivity contribution in [1.82, 2.24) is 0 Å². The van der Waals surface area contributed by atoms with Gasteiger partial charge in [-0.1, -0.05) is 36.2 Å². The number of benzene rings is 1. The molecule has 0 spiro atoms. The van der Waals surface area contributed by atoms with Crippen molar-refractivity contribution in [2.45, 2.75) is 50.0 Å². The van der Waals surface area contributed by atoms with E-state index in [1.165, 1.54) is 11.8 Å². The number of phosphoric ester groups is 1. The predicted molar refractivity (Wildman–Crippen MR) is 106 cm³/mol. The van der Waals surface area contributed by atoms with Crippen molar-refractivity contribution in [3.63, 3.8) is 0 Å². The molecule has 8 heteroatoms. The first-order valence-corrected chi connectivity index (χ1v) is 11.5. The van der Waals surface area contributed by atoms with Crippen LogP contribution < -0.4 is 0 Å². The van der Waals surface area contributed by atoms with Gasteiger partial charge in [-0.05, 0) is 57.0 Å². The molecule has 0 atom stereocenters. The summed E-state index contributed by atoms with van der Waals surface area (Å²) >= 11 is 7.42. The van der Waals surface area contributed by atoms with E-state index in [-0.39, 0.29) is 19.8 Å². The van der Waals surface area contributed by atoms with Crippen molar-refractivity contribution in [1.29, 1.82) is 0 Å². The summed E-state index contributed by atoms with van der Waals surface area (Å²) in [6, 6.07) is 7.45. The quantitative estimate of drug-likeness (QED) is 0.380. The van der Waals surface area contributed by atoms with E-state index in [1.54, 1.807) is 19.9 Å². The van der Waals surface area contributed by atoms with Crippen molar-refractivity contribution >= 4 is 31.2 Å². The van der Waals surface area contributed by atoms with Crippen LogP contribution in [0.1, 0.15) is 39.5 Å². The maximum atomic E-state index is 12.4. The zero-order valence-electron chi connectivity index (χ0n) is 15.2. The first-order valence-electron chi connectivity index (χ1n) is 8.81. The number of halogens is 1. The van der Waals surface area contributed by atoms with Crippen LogP contribution in [-0.2, 0) is 18.1 Å². The van der Waals surface area contributed by atoms with E-state index in [4.69, 9.17) is 25.2 Å². The average Bonchev–Trinajstić information content (AvgIpc) is 3.04. The van der Waals surface area contributed by atoms with Crippen molar-refractivity contribution in [2.75, 3.05) is 19.8 Å². The second kappa shape index (κ2) is 10.3. The average molecular weight is 421 g/mol. The minimum Gasteiger partial charge on any atom is -0.385 e. The standard InChI is InChI=1S/C18H26ClO5PS/c1-3-22-25(21,23-4-2)24-14-11-17(18(20)12-5-6-13-18)26-16-9-7-15(19)8-10-16/h7-11,20H,3-6,12-14H2,1-2H3/b17-11+. The Kier molecular flexibility index (Phi) is 8.68. The molecule has 1 aromatic carbocycles. The lowest BCUT2D eigenvalue weighted by molar-refractivity contribution is 0.0932. The second-order valence-corrected chi connectivity index (χ2v) is 9.16. The molecule has 1 N–H and O–H groups in total. The third-order valence-electron chi connectivity index (χ3n) is 4.01. The Hall–Kier alpha value is -0.330. The summed E-state index contributed by atoms with van der Waals surface area (Å²) in [6.07, 6.45) is 5.13. The summed E-state index contributed by atoms with van der Waals surface area (Å²) < 4.78 is 28.1. The molecule has 0 heterocycles. The van der Waals surface area contributed by atoms with Gasteiger partial charge in [-0.3, -0.25) is 13.6 Å². The van der Waals surface area contributed by atoms with Crippen LogP contribution in [0.4, 0.5) is 0 Å². The van der Waals surface area contributed by atoms with Crippen LogP contribution >= 0.6 is 31.2 Å². The number of rotatable bonds is 10. The molecule has 2 rings (SSSR count). The van der Waals surface area contributed by atoms with Crippen LogP contribution in [0.3, 0.4) is 0 Å². The Balaban J connectivity index is 2.13. The molecule has 0 saturated heterocycles. The molecule has 5 nitrogen and oxygen atoms in total. The van der Waals surface area contributed by atoms with Crippen molar-refractivity contribution in [2.24, 2.45) is 0 Å². The lowest BCUT2D eigenvalue weighted by Gasteiger charge is -2.26. The molecule has 1 saturated carbocycles. The Morgan fingerprint density at radius 1 is 1.19 bits per heavy atom. The summed E-state index contributed by atoms with van der Waals surface area (Å²) in [5.74, 6) is 0. The van der Waals surface area contributed by atoms with E-state index < -0.39 is 13.4 Å². The van der Waals surface area contributed by atoms with Crippen LogP contribution in [0.2, 0.25) is 5.02 Å². The van der Waals surface area contributed by atoms with Crippen molar-refractivity contribution in [3.05, 3.63) is 40.3 Å². The van der Waals surface area contributed by atoms with Gasteiger partial charge in [0.2, 0.25) is 0 Å².